The molecule has 0 radical (unpaired) electrons. The van der Waals surface area contributed by atoms with Crippen molar-refractivity contribution in [3.63, 3.8) is 0 Å². The molecule has 6 heteroatoms. The van der Waals surface area contributed by atoms with Crippen molar-refractivity contribution in [3.05, 3.63) is 16.0 Å². The van der Waals surface area contributed by atoms with E-state index in [4.69, 9.17) is 16.3 Å². The van der Waals surface area contributed by atoms with E-state index in [0.29, 0.717) is 35.2 Å². The summed E-state index contributed by atoms with van der Waals surface area (Å²) in [6.45, 7) is 2.21. The molecule has 116 valence electrons. The standard InChI is InChI=1S/C15H20ClNO3S/c1-9-5-6-10-11(8-9)21-14(13(10)15(19)20-2)17-12(18)4-3-7-16/h9H,3-8H2,1-2H3,(H,17,18). The minimum absolute atomic E-state index is 0.104. The van der Waals surface area contributed by atoms with Gasteiger partial charge in [-0.05, 0) is 37.2 Å². The highest BCUT2D eigenvalue weighted by Gasteiger charge is 2.28. The molecule has 1 aliphatic carbocycles. The molecule has 0 saturated carbocycles. The van der Waals surface area contributed by atoms with Crippen molar-refractivity contribution in [2.45, 2.75) is 39.0 Å². The molecular formula is C15H20ClNO3S. The van der Waals surface area contributed by atoms with E-state index in [1.807, 2.05) is 0 Å². The first kappa shape index (κ1) is 16.3. The lowest BCUT2D eigenvalue weighted by Gasteiger charge is -2.18. The second-order valence-corrected chi connectivity index (χ2v) is 6.87. The fourth-order valence-corrected chi connectivity index (χ4v) is 4.12. The fraction of sp³-hybridized carbons (Fsp3) is 0.600. The smallest absolute Gasteiger partial charge is 0.341 e. The van der Waals surface area contributed by atoms with Gasteiger partial charge in [0.25, 0.3) is 0 Å². The second kappa shape index (κ2) is 7.27. The van der Waals surface area contributed by atoms with E-state index in [-0.39, 0.29) is 11.9 Å². The highest BCUT2D eigenvalue weighted by molar-refractivity contribution is 7.17. The number of anilines is 1. The lowest BCUT2D eigenvalue weighted by Crippen LogP contribution is -2.15. The van der Waals surface area contributed by atoms with E-state index in [0.717, 1.165) is 24.8 Å². The first-order chi connectivity index (χ1) is 10.1. The number of halogens is 1. The summed E-state index contributed by atoms with van der Waals surface area (Å²) in [7, 11) is 1.37. The van der Waals surface area contributed by atoms with E-state index in [9.17, 15) is 9.59 Å². The molecule has 0 saturated heterocycles. The highest BCUT2D eigenvalue weighted by atomic mass is 35.5. The summed E-state index contributed by atoms with van der Waals surface area (Å²) in [5.41, 5.74) is 1.60. The molecule has 0 bridgehead atoms. The minimum atomic E-state index is -0.366. The van der Waals surface area contributed by atoms with Crippen LogP contribution >= 0.6 is 22.9 Å². The van der Waals surface area contributed by atoms with Gasteiger partial charge in [-0.3, -0.25) is 4.79 Å². The highest BCUT2D eigenvalue weighted by Crippen LogP contribution is 2.40. The third-order valence-electron chi connectivity index (χ3n) is 3.69. The number of carbonyl (C=O) groups is 2. The number of methoxy groups -OCH3 is 1. The number of thiophene rings is 1. The zero-order valence-corrected chi connectivity index (χ0v) is 13.9. The maximum atomic E-state index is 12.1. The van der Waals surface area contributed by atoms with Crippen LogP contribution in [0.2, 0.25) is 0 Å². The van der Waals surface area contributed by atoms with Crippen LogP contribution in [-0.4, -0.2) is 24.9 Å². The number of fused-ring (bicyclic) bond motifs is 1. The summed E-state index contributed by atoms with van der Waals surface area (Å²) in [6.07, 6.45) is 3.88. The Morgan fingerprint density at radius 3 is 2.90 bits per heavy atom. The predicted octanol–water partition coefficient (Wildman–Crippen LogP) is 3.62. The van der Waals surface area contributed by atoms with Crippen LogP contribution < -0.4 is 5.32 Å². The van der Waals surface area contributed by atoms with Crippen LogP contribution in [-0.2, 0) is 22.4 Å². The molecule has 0 fully saturated rings. The summed E-state index contributed by atoms with van der Waals surface area (Å²) in [5.74, 6) is 0.596. The minimum Gasteiger partial charge on any atom is -0.465 e. The van der Waals surface area contributed by atoms with Gasteiger partial charge in [0, 0.05) is 17.2 Å². The summed E-state index contributed by atoms with van der Waals surface area (Å²) in [4.78, 5) is 25.1. The summed E-state index contributed by atoms with van der Waals surface area (Å²) < 4.78 is 4.89. The largest absolute Gasteiger partial charge is 0.465 e. The predicted molar refractivity (Wildman–Crippen MR) is 85.4 cm³/mol. The Morgan fingerprint density at radius 2 is 2.24 bits per heavy atom. The molecule has 2 rings (SSSR count). The number of rotatable bonds is 5. The van der Waals surface area contributed by atoms with E-state index < -0.39 is 0 Å². The van der Waals surface area contributed by atoms with E-state index in [2.05, 4.69) is 12.2 Å². The number of hydrogen-bond donors (Lipinski definition) is 1. The van der Waals surface area contributed by atoms with E-state index in [1.165, 1.54) is 23.3 Å². The van der Waals surface area contributed by atoms with Crippen LogP contribution in [0.3, 0.4) is 0 Å². The van der Waals surface area contributed by atoms with Crippen molar-refractivity contribution in [2.75, 3.05) is 18.3 Å². The maximum absolute atomic E-state index is 12.1. The number of nitrogens with one attached hydrogen (secondary N) is 1. The Balaban J connectivity index is 2.27. The number of hydrogen-bond acceptors (Lipinski definition) is 4. The van der Waals surface area contributed by atoms with Crippen molar-refractivity contribution in [1.82, 2.24) is 0 Å². The van der Waals surface area contributed by atoms with Gasteiger partial charge in [-0.25, -0.2) is 4.79 Å². The summed E-state index contributed by atoms with van der Waals surface area (Å²) in [5, 5.41) is 3.48. The molecule has 21 heavy (non-hydrogen) atoms. The number of amides is 1. The van der Waals surface area contributed by atoms with Crippen LogP contribution in [0.5, 0.6) is 0 Å². The van der Waals surface area contributed by atoms with Crippen molar-refractivity contribution in [1.29, 1.82) is 0 Å². The van der Waals surface area contributed by atoms with Crippen molar-refractivity contribution in [3.8, 4) is 0 Å². The van der Waals surface area contributed by atoms with Crippen LogP contribution in [0, 0.1) is 5.92 Å². The summed E-state index contributed by atoms with van der Waals surface area (Å²) in [6, 6.07) is 0. The van der Waals surface area contributed by atoms with Crippen LogP contribution in [0.15, 0.2) is 0 Å². The van der Waals surface area contributed by atoms with Gasteiger partial charge in [-0.2, -0.15) is 0 Å². The molecule has 0 aromatic carbocycles. The van der Waals surface area contributed by atoms with Gasteiger partial charge in [0.05, 0.1) is 12.7 Å². The van der Waals surface area contributed by atoms with Crippen molar-refractivity contribution < 1.29 is 14.3 Å². The average Bonchev–Trinajstić information content (AvgIpc) is 2.81. The number of carbonyl (C=O) groups excluding carboxylic acids is 2. The van der Waals surface area contributed by atoms with Crippen LogP contribution in [0.4, 0.5) is 5.00 Å². The molecule has 1 unspecified atom stereocenters. The summed E-state index contributed by atoms with van der Waals surface area (Å²) >= 11 is 7.11. The van der Waals surface area contributed by atoms with Gasteiger partial charge in [-0.15, -0.1) is 22.9 Å². The van der Waals surface area contributed by atoms with Crippen LogP contribution in [0.1, 0.15) is 47.0 Å². The molecule has 4 nitrogen and oxygen atoms in total. The molecule has 1 amide bonds. The van der Waals surface area contributed by atoms with Gasteiger partial charge >= 0.3 is 5.97 Å². The van der Waals surface area contributed by atoms with E-state index in [1.54, 1.807) is 0 Å². The van der Waals surface area contributed by atoms with Gasteiger partial charge in [0.1, 0.15) is 5.00 Å². The normalized spacial score (nSPS) is 17.2. The Bertz CT molecular complexity index is 541. The molecule has 1 atom stereocenters. The number of ether oxygens (including phenoxy) is 1. The third-order valence-corrected chi connectivity index (χ3v) is 5.13. The monoisotopic (exact) mass is 329 g/mol. The van der Waals surface area contributed by atoms with Gasteiger partial charge < -0.3 is 10.1 Å². The Morgan fingerprint density at radius 1 is 1.48 bits per heavy atom. The number of esters is 1. The van der Waals surface area contributed by atoms with Gasteiger partial charge in [0.15, 0.2) is 0 Å². The fourth-order valence-electron chi connectivity index (χ4n) is 2.57. The lowest BCUT2D eigenvalue weighted by molar-refractivity contribution is -0.116. The molecule has 1 heterocycles. The topological polar surface area (TPSA) is 55.4 Å². The molecule has 0 spiro atoms. The zero-order chi connectivity index (χ0) is 15.4. The molecule has 1 aromatic rings. The van der Waals surface area contributed by atoms with Crippen molar-refractivity contribution >= 4 is 39.8 Å². The molecular weight excluding hydrogens is 310 g/mol. The Labute approximate surface area is 133 Å². The first-order valence-corrected chi connectivity index (χ1v) is 8.50. The number of alkyl halides is 1. The SMILES string of the molecule is COC(=O)c1c(NC(=O)CCCCl)sc2c1CCC(C)C2. The van der Waals surface area contributed by atoms with Gasteiger partial charge in [0.2, 0.25) is 5.91 Å². The Hall–Kier alpha value is -1.07. The maximum Gasteiger partial charge on any atom is 0.341 e. The second-order valence-electron chi connectivity index (χ2n) is 5.39. The quantitative estimate of drug-likeness (QED) is 0.663. The zero-order valence-electron chi connectivity index (χ0n) is 12.3. The Kier molecular flexibility index (Phi) is 5.65. The molecule has 0 aliphatic heterocycles. The van der Waals surface area contributed by atoms with Gasteiger partial charge in [-0.1, -0.05) is 6.92 Å². The molecule has 1 aromatic heterocycles. The molecule has 1 aliphatic rings. The first-order valence-electron chi connectivity index (χ1n) is 7.15. The van der Waals surface area contributed by atoms with Crippen molar-refractivity contribution in [2.24, 2.45) is 5.92 Å². The van der Waals surface area contributed by atoms with E-state index >= 15 is 0 Å². The third kappa shape index (κ3) is 3.77. The average molecular weight is 330 g/mol. The lowest BCUT2D eigenvalue weighted by atomic mass is 9.88. The molecule has 1 N–H and O–H groups in total. The van der Waals surface area contributed by atoms with Crippen LogP contribution in [0.25, 0.3) is 0 Å².